The summed E-state index contributed by atoms with van der Waals surface area (Å²) in [5.74, 6) is -2.82. The molecule has 0 fully saturated rings. The second-order valence-electron chi connectivity index (χ2n) is 5.04. The van der Waals surface area contributed by atoms with Crippen molar-refractivity contribution in [3.63, 3.8) is 0 Å². The van der Waals surface area contributed by atoms with Crippen LogP contribution >= 0.6 is 0 Å². The van der Waals surface area contributed by atoms with Gasteiger partial charge in [0.15, 0.2) is 17.4 Å². The van der Waals surface area contributed by atoms with Gasteiger partial charge >= 0.3 is 0 Å². The Balaban J connectivity index is 2.21. The summed E-state index contributed by atoms with van der Waals surface area (Å²) in [7, 11) is 0. The summed E-state index contributed by atoms with van der Waals surface area (Å²) in [6.07, 6.45) is 0. The highest BCUT2D eigenvalue weighted by Gasteiger charge is 2.10. The predicted octanol–water partition coefficient (Wildman–Crippen LogP) is 4.21. The minimum atomic E-state index is -0.945. The van der Waals surface area contributed by atoms with Gasteiger partial charge in [-0.05, 0) is 49.6 Å². The Morgan fingerprint density at radius 3 is 1.95 bits per heavy atom. The first kappa shape index (κ1) is 14.3. The number of hydrogen-bond donors (Lipinski definition) is 2. The van der Waals surface area contributed by atoms with E-state index < -0.39 is 17.4 Å². The van der Waals surface area contributed by atoms with E-state index in [1.165, 1.54) is 5.56 Å². The molecule has 0 saturated carbocycles. The third-order valence-electron chi connectivity index (χ3n) is 3.22. The van der Waals surface area contributed by atoms with Crippen LogP contribution in [-0.2, 0) is 6.54 Å². The SMILES string of the molecule is Cc1cc(C)c(NCc2cc(F)c(O)c(F)c2)c(C)c1. The number of benzene rings is 2. The molecule has 0 saturated heterocycles. The Morgan fingerprint density at radius 2 is 1.45 bits per heavy atom. The Bertz CT molecular complexity index is 607. The quantitative estimate of drug-likeness (QED) is 0.881. The smallest absolute Gasteiger partial charge is 0.187 e. The van der Waals surface area contributed by atoms with Gasteiger partial charge in [0.1, 0.15) is 0 Å². The topological polar surface area (TPSA) is 32.3 Å². The molecule has 4 heteroatoms. The molecule has 106 valence electrons. The number of nitrogens with one attached hydrogen (secondary N) is 1. The highest BCUT2D eigenvalue weighted by Crippen LogP contribution is 2.25. The lowest BCUT2D eigenvalue weighted by Crippen LogP contribution is -2.04. The third-order valence-corrected chi connectivity index (χ3v) is 3.22. The van der Waals surface area contributed by atoms with Crippen LogP contribution in [0, 0.1) is 32.4 Å². The van der Waals surface area contributed by atoms with Crippen molar-refractivity contribution >= 4 is 5.69 Å². The number of halogens is 2. The van der Waals surface area contributed by atoms with E-state index in [0.29, 0.717) is 12.1 Å². The molecule has 0 spiro atoms. The summed E-state index contributed by atoms with van der Waals surface area (Å²) in [6.45, 7) is 6.29. The molecule has 0 radical (unpaired) electrons. The van der Waals surface area contributed by atoms with Crippen LogP contribution in [0.5, 0.6) is 5.75 Å². The first-order chi connectivity index (χ1) is 9.38. The fraction of sp³-hybridized carbons (Fsp3) is 0.250. The largest absolute Gasteiger partial charge is 0.503 e. The van der Waals surface area contributed by atoms with Crippen molar-refractivity contribution in [3.05, 3.63) is 58.2 Å². The van der Waals surface area contributed by atoms with Crippen LogP contribution in [0.3, 0.4) is 0 Å². The molecule has 2 rings (SSSR count). The Labute approximate surface area is 117 Å². The number of hydrogen-bond acceptors (Lipinski definition) is 2. The lowest BCUT2D eigenvalue weighted by molar-refractivity contribution is 0.395. The lowest BCUT2D eigenvalue weighted by Gasteiger charge is -2.14. The van der Waals surface area contributed by atoms with Crippen LogP contribution in [0.2, 0.25) is 0 Å². The van der Waals surface area contributed by atoms with E-state index in [2.05, 4.69) is 5.32 Å². The van der Waals surface area contributed by atoms with Crippen molar-refractivity contribution in [1.29, 1.82) is 0 Å². The van der Waals surface area contributed by atoms with Gasteiger partial charge in [-0.25, -0.2) is 8.78 Å². The predicted molar refractivity (Wildman–Crippen MR) is 76.0 cm³/mol. The maximum Gasteiger partial charge on any atom is 0.187 e. The number of aromatic hydroxyl groups is 1. The van der Waals surface area contributed by atoms with Crippen molar-refractivity contribution in [1.82, 2.24) is 0 Å². The zero-order valence-corrected chi connectivity index (χ0v) is 11.7. The molecule has 0 atom stereocenters. The molecule has 0 bridgehead atoms. The summed E-state index contributed by atoms with van der Waals surface area (Å²) in [4.78, 5) is 0. The molecule has 0 aliphatic heterocycles. The molecular weight excluding hydrogens is 260 g/mol. The first-order valence-electron chi connectivity index (χ1n) is 6.37. The zero-order valence-electron chi connectivity index (χ0n) is 11.7. The van der Waals surface area contributed by atoms with Crippen molar-refractivity contribution in [2.75, 3.05) is 5.32 Å². The fourth-order valence-corrected chi connectivity index (χ4v) is 2.37. The van der Waals surface area contributed by atoms with Gasteiger partial charge < -0.3 is 10.4 Å². The van der Waals surface area contributed by atoms with Gasteiger partial charge in [-0.2, -0.15) is 0 Å². The van der Waals surface area contributed by atoms with Gasteiger partial charge in [0.25, 0.3) is 0 Å². The number of phenols is 1. The molecule has 0 aromatic heterocycles. The first-order valence-corrected chi connectivity index (χ1v) is 6.37. The highest BCUT2D eigenvalue weighted by atomic mass is 19.1. The Morgan fingerprint density at radius 1 is 0.950 bits per heavy atom. The van der Waals surface area contributed by atoms with Crippen LogP contribution in [0.4, 0.5) is 14.5 Å². The maximum atomic E-state index is 13.3. The van der Waals surface area contributed by atoms with Crippen molar-refractivity contribution < 1.29 is 13.9 Å². The van der Waals surface area contributed by atoms with Crippen LogP contribution < -0.4 is 5.32 Å². The van der Waals surface area contributed by atoms with Gasteiger partial charge in [0.05, 0.1) is 0 Å². The van der Waals surface area contributed by atoms with Gasteiger partial charge in [-0.1, -0.05) is 17.7 Å². The van der Waals surface area contributed by atoms with Gasteiger partial charge in [0, 0.05) is 12.2 Å². The number of phenolic OH excluding ortho intramolecular Hbond substituents is 1. The monoisotopic (exact) mass is 277 g/mol. The molecular formula is C16H17F2NO. The molecule has 20 heavy (non-hydrogen) atoms. The summed E-state index contributed by atoms with van der Waals surface area (Å²) >= 11 is 0. The number of rotatable bonds is 3. The fourth-order valence-electron chi connectivity index (χ4n) is 2.37. The molecule has 2 N–H and O–H groups in total. The standard InChI is InChI=1S/C16H17F2NO/c1-9-4-10(2)15(11(3)5-9)19-8-12-6-13(17)16(20)14(18)7-12/h4-7,19-20H,8H2,1-3H3. The van der Waals surface area contributed by atoms with Crippen LogP contribution in [0.1, 0.15) is 22.3 Å². The van der Waals surface area contributed by atoms with Crippen molar-refractivity contribution in [2.24, 2.45) is 0 Å². The van der Waals surface area contributed by atoms with E-state index in [1.807, 2.05) is 32.9 Å². The van der Waals surface area contributed by atoms with Crippen molar-refractivity contribution in [3.8, 4) is 5.75 Å². The normalized spacial score (nSPS) is 10.7. The summed E-state index contributed by atoms with van der Waals surface area (Å²) in [6, 6.07) is 6.36. The van der Waals surface area contributed by atoms with E-state index in [1.54, 1.807) is 0 Å². The molecule has 2 nitrogen and oxygen atoms in total. The van der Waals surface area contributed by atoms with E-state index in [9.17, 15) is 8.78 Å². The van der Waals surface area contributed by atoms with E-state index >= 15 is 0 Å². The number of aryl methyl sites for hydroxylation is 3. The second kappa shape index (κ2) is 5.49. The average molecular weight is 277 g/mol. The average Bonchev–Trinajstić information content (AvgIpc) is 2.34. The van der Waals surface area contributed by atoms with Gasteiger partial charge in [0.2, 0.25) is 0 Å². The molecule has 2 aromatic rings. The van der Waals surface area contributed by atoms with Crippen LogP contribution in [0.15, 0.2) is 24.3 Å². The Kier molecular flexibility index (Phi) is 3.93. The van der Waals surface area contributed by atoms with Gasteiger partial charge in [-0.15, -0.1) is 0 Å². The maximum absolute atomic E-state index is 13.3. The van der Waals surface area contributed by atoms with E-state index in [4.69, 9.17) is 5.11 Å². The number of anilines is 1. The van der Waals surface area contributed by atoms with E-state index in [0.717, 1.165) is 28.9 Å². The summed E-state index contributed by atoms with van der Waals surface area (Å²) in [5.41, 5.74) is 4.75. The molecule has 0 unspecified atom stereocenters. The minimum Gasteiger partial charge on any atom is -0.503 e. The van der Waals surface area contributed by atoms with Crippen LogP contribution in [0.25, 0.3) is 0 Å². The Hall–Kier alpha value is -2.10. The van der Waals surface area contributed by atoms with Crippen LogP contribution in [-0.4, -0.2) is 5.11 Å². The minimum absolute atomic E-state index is 0.291. The highest BCUT2D eigenvalue weighted by molar-refractivity contribution is 5.58. The summed E-state index contributed by atoms with van der Waals surface area (Å²) in [5, 5.41) is 12.2. The van der Waals surface area contributed by atoms with E-state index in [-0.39, 0.29) is 0 Å². The lowest BCUT2D eigenvalue weighted by atomic mass is 10.0. The molecule has 2 aromatic carbocycles. The summed E-state index contributed by atoms with van der Waals surface area (Å²) < 4.78 is 26.5. The second-order valence-corrected chi connectivity index (χ2v) is 5.04. The third kappa shape index (κ3) is 2.90. The zero-order chi connectivity index (χ0) is 14.9. The molecule has 0 heterocycles. The molecule has 0 aliphatic rings. The van der Waals surface area contributed by atoms with Crippen molar-refractivity contribution in [2.45, 2.75) is 27.3 Å². The van der Waals surface area contributed by atoms with Gasteiger partial charge in [-0.3, -0.25) is 0 Å². The molecule has 0 aliphatic carbocycles. The molecule has 0 amide bonds.